The van der Waals surface area contributed by atoms with E-state index in [9.17, 15) is 0 Å². The molecule has 0 aromatic carbocycles. The van der Waals surface area contributed by atoms with Crippen LogP contribution in [-0.2, 0) is 6.54 Å². The van der Waals surface area contributed by atoms with Gasteiger partial charge in [0.15, 0.2) is 0 Å². The van der Waals surface area contributed by atoms with Crippen molar-refractivity contribution in [2.24, 2.45) is 5.73 Å². The van der Waals surface area contributed by atoms with E-state index in [0.29, 0.717) is 0 Å². The lowest BCUT2D eigenvalue weighted by Crippen LogP contribution is -2.22. The quantitative estimate of drug-likeness (QED) is 0.753. The fourth-order valence-corrected chi connectivity index (χ4v) is 0.625. The van der Waals surface area contributed by atoms with Crippen LogP contribution in [0.3, 0.4) is 0 Å². The molecule has 0 aliphatic carbocycles. The van der Waals surface area contributed by atoms with Crippen molar-refractivity contribution in [1.82, 2.24) is 15.0 Å². The normalized spacial score (nSPS) is 11.1. The monoisotopic (exact) mass is 198 g/mol. The maximum atomic E-state index is 5.50. The highest BCUT2D eigenvalue weighted by atomic mass is 35.5. The summed E-state index contributed by atoms with van der Waals surface area (Å²) >= 11 is 0. The van der Waals surface area contributed by atoms with Gasteiger partial charge in [0.05, 0.1) is 12.7 Å². The Hall–Kier alpha value is -0.320. The molecule has 0 spiro atoms. The minimum atomic E-state index is 0. The summed E-state index contributed by atoms with van der Waals surface area (Å²) in [5, 5.41) is 7.38. The van der Waals surface area contributed by atoms with Gasteiger partial charge < -0.3 is 5.73 Å². The van der Waals surface area contributed by atoms with Crippen molar-refractivity contribution in [3.63, 3.8) is 0 Å². The third-order valence-electron chi connectivity index (χ3n) is 0.947. The molecule has 0 saturated heterocycles. The van der Waals surface area contributed by atoms with E-state index in [1.54, 1.807) is 17.1 Å². The standard InChI is InChI=1S/C5H10N4.2ClH/c1-5(6)4-9-3-2-7-8-9;;/h2-3,5H,4,6H2,1H3;2*1H/t5-;;/m0../s1. The summed E-state index contributed by atoms with van der Waals surface area (Å²) in [6.45, 7) is 2.67. The van der Waals surface area contributed by atoms with Crippen LogP contribution in [0.5, 0.6) is 0 Å². The highest BCUT2D eigenvalue weighted by Crippen LogP contribution is 1.83. The smallest absolute Gasteiger partial charge is 0.0692 e. The average Bonchev–Trinajstić information content (AvgIpc) is 2.15. The summed E-state index contributed by atoms with van der Waals surface area (Å²) in [5.41, 5.74) is 5.50. The van der Waals surface area contributed by atoms with Gasteiger partial charge in [-0.25, -0.2) is 0 Å². The molecule has 0 radical (unpaired) electrons. The highest BCUT2D eigenvalue weighted by Gasteiger charge is 1.94. The van der Waals surface area contributed by atoms with Gasteiger partial charge in [0.2, 0.25) is 0 Å². The molecule has 0 fully saturated rings. The number of rotatable bonds is 2. The summed E-state index contributed by atoms with van der Waals surface area (Å²) in [7, 11) is 0. The van der Waals surface area contributed by atoms with Gasteiger partial charge in [0.25, 0.3) is 0 Å². The van der Waals surface area contributed by atoms with E-state index in [1.807, 2.05) is 6.92 Å². The van der Waals surface area contributed by atoms with Crippen LogP contribution in [0.2, 0.25) is 0 Å². The molecule has 1 heterocycles. The minimum absolute atomic E-state index is 0. The van der Waals surface area contributed by atoms with Crippen LogP contribution in [0, 0.1) is 0 Å². The van der Waals surface area contributed by atoms with Crippen LogP contribution in [0.4, 0.5) is 0 Å². The average molecular weight is 199 g/mol. The molecule has 0 saturated carbocycles. The summed E-state index contributed by atoms with van der Waals surface area (Å²) in [6, 6.07) is 0.145. The zero-order chi connectivity index (χ0) is 6.69. The zero-order valence-electron chi connectivity index (χ0n) is 6.17. The van der Waals surface area contributed by atoms with Crippen molar-refractivity contribution in [3.05, 3.63) is 12.4 Å². The van der Waals surface area contributed by atoms with Crippen molar-refractivity contribution < 1.29 is 0 Å². The summed E-state index contributed by atoms with van der Waals surface area (Å²) in [6.07, 6.45) is 3.44. The van der Waals surface area contributed by atoms with E-state index in [4.69, 9.17) is 5.73 Å². The molecule has 66 valence electrons. The van der Waals surface area contributed by atoms with Gasteiger partial charge in [-0.2, -0.15) is 0 Å². The first-order valence-corrected chi connectivity index (χ1v) is 2.88. The topological polar surface area (TPSA) is 56.7 Å². The molecule has 0 aliphatic rings. The summed E-state index contributed by atoms with van der Waals surface area (Å²) < 4.78 is 1.71. The molecular formula is C5H12Cl2N4. The van der Waals surface area contributed by atoms with Gasteiger partial charge in [-0.1, -0.05) is 5.21 Å². The number of halogens is 2. The van der Waals surface area contributed by atoms with Gasteiger partial charge in [-0.15, -0.1) is 29.9 Å². The SMILES string of the molecule is C[C@H](N)Cn1ccnn1.Cl.Cl. The molecule has 1 atom stereocenters. The van der Waals surface area contributed by atoms with E-state index in [1.165, 1.54) is 0 Å². The van der Waals surface area contributed by atoms with Crippen LogP contribution < -0.4 is 5.73 Å². The maximum absolute atomic E-state index is 5.50. The van der Waals surface area contributed by atoms with E-state index in [2.05, 4.69) is 10.3 Å². The second-order valence-electron chi connectivity index (χ2n) is 2.10. The Morgan fingerprint density at radius 2 is 2.18 bits per heavy atom. The molecule has 1 aromatic rings. The summed E-state index contributed by atoms with van der Waals surface area (Å²) in [5.74, 6) is 0. The number of nitrogens with zero attached hydrogens (tertiary/aromatic N) is 3. The van der Waals surface area contributed by atoms with E-state index < -0.39 is 0 Å². The Labute approximate surface area is 78.0 Å². The predicted octanol–water partition coefficient (Wildman–Crippen LogP) is 0.469. The Morgan fingerprint density at radius 3 is 2.55 bits per heavy atom. The van der Waals surface area contributed by atoms with Crippen molar-refractivity contribution in [2.45, 2.75) is 19.5 Å². The lowest BCUT2D eigenvalue weighted by Gasteiger charge is -2.01. The van der Waals surface area contributed by atoms with Gasteiger partial charge in [0.1, 0.15) is 0 Å². The predicted molar refractivity (Wildman–Crippen MR) is 48.2 cm³/mol. The van der Waals surface area contributed by atoms with Crippen LogP contribution in [0.25, 0.3) is 0 Å². The lowest BCUT2D eigenvalue weighted by atomic mass is 10.4. The first-order valence-electron chi connectivity index (χ1n) is 2.88. The third kappa shape index (κ3) is 5.01. The summed E-state index contributed by atoms with van der Waals surface area (Å²) in [4.78, 5) is 0. The molecule has 0 unspecified atom stereocenters. The molecule has 11 heavy (non-hydrogen) atoms. The van der Waals surface area contributed by atoms with E-state index in [-0.39, 0.29) is 30.9 Å². The van der Waals surface area contributed by atoms with Crippen LogP contribution in [-0.4, -0.2) is 21.0 Å². The van der Waals surface area contributed by atoms with Gasteiger partial charge >= 0.3 is 0 Å². The first-order chi connectivity index (χ1) is 4.29. The number of hydrogen-bond donors (Lipinski definition) is 1. The Bertz CT molecular complexity index is 163. The Morgan fingerprint density at radius 1 is 1.55 bits per heavy atom. The molecule has 1 rings (SSSR count). The fraction of sp³-hybridized carbons (Fsp3) is 0.600. The van der Waals surface area contributed by atoms with E-state index in [0.717, 1.165) is 6.54 Å². The van der Waals surface area contributed by atoms with Crippen molar-refractivity contribution in [1.29, 1.82) is 0 Å². The second-order valence-corrected chi connectivity index (χ2v) is 2.10. The fourth-order valence-electron chi connectivity index (χ4n) is 0.625. The minimum Gasteiger partial charge on any atom is -0.326 e. The zero-order valence-corrected chi connectivity index (χ0v) is 7.81. The highest BCUT2D eigenvalue weighted by molar-refractivity contribution is 5.85. The van der Waals surface area contributed by atoms with Gasteiger partial charge in [-0.3, -0.25) is 4.68 Å². The molecule has 1 aromatic heterocycles. The Balaban J connectivity index is 0. The first kappa shape index (κ1) is 13.3. The maximum Gasteiger partial charge on any atom is 0.0692 e. The molecule has 6 heteroatoms. The van der Waals surface area contributed by atoms with Crippen LogP contribution >= 0.6 is 24.8 Å². The molecule has 2 N–H and O–H groups in total. The molecule has 0 amide bonds. The third-order valence-corrected chi connectivity index (χ3v) is 0.947. The number of aromatic nitrogens is 3. The van der Waals surface area contributed by atoms with Gasteiger partial charge in [-0.05, 0) is 6.92 Å². The number of nitrogens with two attached hydrogens (primary N) is 1. The van der Waals surface area contributed by atoms with E-state index >= 15 is 0 Å². The van der Waals surface area contributed by atoms with Crippen molar-refractivity contribution in [3.8, 4) is 0 Å². The second kappa shape index (κ2) is 6.39. The molecule has 0 aliphatic heterocycles. The molecular weight excluding hydrogens is 187 g/mol. The van der Waals surface area contributed by atoms with Crippen LogP contribution in [0.1, 0.15) is 6.92 Å². The lowest BCUT2D eigenvalue weighted by molar-refractivity contribution is 0.523. The van der Waals surface area contributed by atoms with Gasteiger partial charge in [0, 0.05) is 12.2 Å². The van der Waals surface area contributed by atoms with Crippen molar-refractivity contribution in [2.75, 3.05) is 0 Å². The largest absolute Gasteiger partial charge is 0.326 e. The number of hydrogen-bond acceptors (Lipinski definition) is 3. The molecule has 4 nitrogen and oxygen atoms in total. The molecule has 0 bridgehead atoms. The Kier molecular flexibility index (Phi) is 7.72. The van der Waals surface area contributed by atoms with Crippen molar-refractivity contribution >= 4 is 24.8 Å². The van der Waals surface area contributed by atoms with Crippen LogP contribution in [0.15, 0.2) is 12.4 Å².